The van der Waals surface area contributed by atoms with Crippen molar-refractivity contribution in [3.63, 3.8) is 0 Å². The van der Waals surface area contributed by atoms with Crippen LogP contribution in [0.3, 0.4) is 0 Å². The number of aliphatic imine (C=N–C) groups is 1. The highest BCUT2D eigenvalue weighted by atomic mass is 127. The van der Waals surface area contributed by atoms with Crippen LogP contribution >= 0.6 is 35.3 Å². The third kappa shape index (κ3) is 10.4. The second-order valence-electron chi connectivity index (χ2n) is 6.55. The van der Waals surface area contributed by atoms with Gasteiger partial charge in [-0.3, -0.25) is 4.99 Å². The van der Waals surface area contributed by atoms with Crippen LogP contribution in [0.1, 0.15) is 50.7 Å². The Morgan fingerprint density at radius 1 is 1.23 bits per heavy atom. The maximum Gasteiger partial charge on any atom is 0.190 e. The first kappa shape index (κ1) is 21.6. The van der Waals surface area contributed by atoms with Gasteiger partial charge >= 0.3 is 0 Å². The molecule has 0 aliphatic carbocycles. The number of rotatable bonds is 7. The minimum absolute atomic E-state index is 0. The van der Waals surface area contributed by atoms with E-state index in [1.807, 2.05) is 14.0 Å². The molecule has 22 heavy (non-hydrogen) atoms. The van der Waals surface area contributed by atoms with E-state index in [0.717, 1.165) is 36.2 Å². The largest absolute Gasteiger partial charge is 0.356 e. The van der Waals surface area contributed by atoms with E-state index >= 15 is 0 Å². The summed E-state index contributed by atoms with van der Waals surface area (Å²) in [6.45, 7) is 10.8. The van der Waals surface area contributed by atoms with Crippen LogP contribution in [0.5, 0.6) is 0 Å². The summed E-state index contributed by atoms with van der Waals surface area (Å²) in [7, 11) is 1.82. The van der Waals surface area contributed by atoms with Crippen LogP contribution in [0.25, 0.3) is 0 Å². The summed E-state index contributed by atoms with van der Waals surface area (Å²) in [5, 5.41) is 9.96. The average Bonchev–Trinajstić information content (AvgIpc) is 2.80. The Hall–Kier alpha value is -0.370. The van der Waals surface area contributed by atoms with Crippen molar-refractivity contribution < 1.29 is 0 Å². The third-order valence-electron chi connectivity index (χ3n) is 3.21. The highest BCUT2D eigenvalue weighted by Crippen LogP contribution is 2.21. The topological polar surface area (TPSA) is 49.3 Å². The molecule has 0 aliphatic heterocycles. The Kier molecular flexibility index (Phi) is 11.0. The van der Waals surface area contributed by atoms with Crippen molar-refractivity contribution in [1.82, 2.24) is 15.6 Å². The van der Waals surface area contributed by atoms with Gasteiger partial charge in [0.05, 0.1) is 10.7 Å². The number of nitrogens with one attached hydrogen (secondary N) is 2. The van der Waals surface area contributed by atoms with E-state index in [-0.39, 0.29) is 24.0 Å². The number of guanidine groups is 1. The van der Waals surface area contributed by atoms with Gasteiger partial charge in [0.1, 0.15) is 0 Å². The first-order chi connectivity index (χ1) is 9.90. The molecular formula is C16H31IN4S. The molecule has 0 aliphatic rings. The van der Waals surface area contributed by atoms with Gasteiger partial charge in [0.2, 0.25) is 0 Å². The molecule has 0 spiro atoms. The van der Waals surface area contributed by atoms with E-state index in [1.54, 1.807) is 11.3 Å². The number of aryl methyl sites for hydroxylation is 1. The van der Waals surface area contributed by atoms with Gasteiger partial charge in [-0.1, -0.05) is 27.2 Å². The lowest BCUT2D eigenvalue weighted by atomic mass is 9.90. The third-order valence-corrected chi connectivity index (χ3v) is 4.03. The lowest BCUT2D eigenvalue weighted by Gasteiger charge is -2.18. The average molecular weight is 438 g/mol. The second kappa shape index (κ2) is 11.2. The van der Waals surface area contributed by atoms with Crippen molar-refractivity contribution in [2.75, 3.05) is 20.1 Å². The normalized spacial score (nSPS) is 12.0. The van der Waals surface area contributed by atoms with Crippen LogP contribution in [0.2, 0.25) is 0 Å². The van der Waals surface area contributed by atoms with E-state index in [0.29, 0.717) is 5.41 Å². The molecule has 0 amide bonds. The molecule has 1 aromatic rings. The van der Waals surface area contributed by atoms with Gasteiger partial charge in [-0.15, -0.1) is 35.3 Å². The molecule has 2 N–H and O–H groups in total. The summed E-state index contributed by atoms with van der Waals surface area (Å²) in [5.74, 6) is 0.887. The Balaban J connectivity index is 0.00000441. The van der Waals surface area contributed by atoms with E-state index < -0.39 is 0 Å². The van der Waals surface area contributed by atoms with Gasteiger partial charge in [-0.2, -0.15) is 0 Å². The summed E-state index contributed by atoms with van der Waals surface area (Å²) in [6.07, 6.45) is 4.65. The van der Waals surface area contributed by atoms with E-state index in [4.69, 9.17) is 0 Å². The zero-order valence-corrected chi connectivity index (χ0v) is 17.7. The Morgan fingerprint density at radius 3 is 2.45 bits per heavy atom. The Morgan fingerprint density at radius 2 is 1.91 bits per heavy atom. The van der Waals surface area contributed by atoms with Gasteiger partial charge in [-0.25, -0.2) is 4.98 Å². The number of halogens is 1. The van der Waals surface area contributed by atoms with E-state index in [1.165, 1.54) is 19.3 Å². The molecule has 6 heteroatoms. The minimum Gasteiger partial charge on any atom is -0.356 e. The first-order valence-corrected chi connectivity index (χ1v) is 8.64. The lowest BCUT2D eigenvalue weighted by molar-refractivity contribution is 0.360. The molecule has 0 saturated heterocycles. The molecule has 0 aromatic carbocycles. The van der Waals surface area contributed by atoms with Crippen molar-refractivity contribution >= 4 is 41.3 Å². The van der Waals surface area contributed by atoms with Gasteiger partial charge in [0.15, 0.2) is 5.96 Å². The minimum atomic E-state index is 0. The maximum absolute atomic E-state index is 4.46. The molecule has 4 nitrogen and oxygen atoms in total. The van der Waals surface area contributed by atoms with Gasteiger partial charge < -0.3 is 10.6 Å². The Bertz CT molecular complexity index is 438. The summed E-state index contributed by atoms with van der Waals surface area (Å²) >= 11 is 1.71. The fraction of sp³-hybridized carbons (Fsp3) is 0.750. The Labute approximate surface area is 156 Å². The number of nitrogens with zero attached hydrogens (tertiary/aromatic N) is 2. The van der Waals surface area contributed by atoms with Crippen LogP contribution in [-0.4, -0.2) is 31.1 Å². The second-order valence-corrected chi connectivity index (χ2v) is 7.61. The zero-order valence-electron chi connectivity index (χ0n) is 14.5. The van der Waals surface area contributed by atoms with Crippen molar-refractivity contribution in [1.29, 1.82) is 0 Å². The smallest absolute Gasteiger partial charge is 0.190 e. The molecule has 0 atom stereocenters. The summed E-state index contributed by atoms with van der Waals surface area (Å²) in [6, 6.07) is 0. The number of hydrogen-bond acceptors (Lipinski definition) is 3. The van der Waals surface area contributed by atoms with Crippen LogP contribution in [-0.2, 0) is 6.42 Å². The monoisotopic (exact) mass is 438 g/mol. The predicted molar refractivity (Wildman–Crippen MR) is 109 cm³/mol. The number of unbranched alkanes of at least 4 members (excludes halogenated alkanes) is 1. The predicted octanol–water partition coefficient (Wildman–Crippen LogP) is 3.99. The fourth-order valence-corrected chi connectivity index (χ4v) is 2.69. The molecule has 1 rings (SSSR count). The molecule has 0 fully saturated rings. The van der Waals surface area contributed by atoms with Crippen molar-refractivity contribution in [3.05, 3.63) is 16.1 Å². The maximum atomic E-state index is 4.46. The summed E-state index contributed by atoms with van der Waals surface area (Å²) < 4.78 is 0. The molecular weight excluding hydrogens is 407 g/mol. The highest BCUT2D eigenvalue weighted by molar-refractivity contribution is 14.0. The van der Waals surface area contributed by atoms with E-state index in [2.05, 4.69) is 46.8 Å². The number of aromatic nitrogens is 1. The molecule has 0 unspecified atom stereocenters. The molecule has 1 heterocycles. The number of thiazole rings is 1. The SMILES string of the molecule is CN=C(NCCCCC(C)(C)C)NCCc1csc(C)n1.I. The first-order valence-electron chi connectivity index (χ1n) is 7.76. The van der Waals surface area contributed by atoms with E-state index in [9.17, 15) is 0 Å². The standard InChI is InChI=1S/C16H30N4S.HI/c1-13-20-14(12-21-13)8-11-19-15(17-5)18-10-7-6-9-16(2,3)4;/h12H,6-11H2,1-5H3,(H2,17,18,19);1H. The molecule has 0 radical (unpaired) electrons. The summed E-state index contributed by atoms with van der Waals surface area (Å²) in [5.41, 5.74) is 1.59. The van der Waals surface area contributed by atoms with Crippen LogP contribution in [0.15, 0.2) is 10.4 Å². The van der Waals surface area contributed by atoms with Gasteiger partial charge in [0.25, 0.3) is 0 Å². The van der Waals surface area contributed by atoms with Crippen molar-refractivity contribution in [2.45, 2.75) is 53.4 Å². The zero-order chi connectivity index (χ0) is 15.7. The molecule has 0 bridgehead atoms. The molecule has 1 aromatic heterocycles. The lowest BCUT2D eigenvalue weighted by Crippen LogP contribution is -2.38. The molecule has 128 valence electrons. The van der Waals surface area contributed by atoms with Crippen LogP contribution < -0.4 is 10.6 Å². The quantitative estimate of drug-likeness (QED) is 0.293. The highest BCUT2D eigenvalue weighted by Gasteiger charge is 2.08. The number of hydrogen-bond donors (Lipinski definition) is 2. The van der Waals surface area contributed by atoms with Crippen LogP contribution in [0, 0.1) is 12.3 Å². The van der Waals surface area contributed by atoms with Crippen LogP contribution in [0.4, 0.5) is 0 Å². The fourth-order valence-electron chi connectivity index (χ4n) is 2.04. The van der Waals surface area contributed by atoms with Crippen molar-refractivity contribution in [3.8, 4) is 0 Å². The van der Waals surface area contributed by atoms with Gasteiger partial charge in [-0.05, 0) is 25.2 Å². The van der Waals surface area contributed by atoms with Crippen molar-refractivity contribution in [2.24, 2.45) is 10.4 Å². The molecule has 0 saturated carbocycles. The van der Waals surface area contributed by atoms with Gasteiger partial charge in [0, 0.05) is 31.9 Å². The summed E-state index contributed by atoms with van der Waals surface area (Å²) in [4.78, 5) is 8.71.